The van der Waals surface area contributed by atoms with Crippen molar-refractivity contribution in [2.75, 3.05) is 11.9 Å². The van der Waals surface area contributed by atoms with Gasteiger partial charge in [-0.3, -0.25) is 9.89 Å². The number of hydrogen-bond donors (Lipinski definition) is 2. The Morgan fingerprint density at radius 2 is 2.22 bits per heavy atom. The molecular weight excluding hydrogens is 366 g/mol. The average molecular weight is 375 g/mol. The monoisotopic (exact) mass is 373 g/mol. The molecule has 0 bridgehead atoms. The maximum absolute atomic E-state index is 11.6. The minimum atomic E-state index is -0.255. The lowest BCUT2D eigenvalue weighted by atomic mass is 10.3. The quantitative estimate of drug-likeness (QED) is 0.864. The van der Waals surface area contributed by atoms with Gasteiger partial charge in [-0.1, -0.05) is 15.9 Å². The van der Waals surface area contributed by atoms with Crippen LogP contribution in [0.25, 0.3) is 0 Å². The van der Waals surface area contributed by atoms with Crippen molar-refractivity contribution in [2.45, 2.75) is 0 Å². The minimum absolute atomic E-state index is 0.0702. The number of ether oxygens (including phenoxy) is 1. The molecule has 94 valence electrons. The molecule has 0 fully saturated rings. The molecule has 1 aromatic carbocycles. The van der Waals surface area contributed by atoms with Gasteiger partial charge in [-0.15, -0.1) is 0 Å². The van der Waals surface area contributed by atoms with Crippen molar-refractivity contribution in [1.29, 1.82) is 0 Å². The van der Waals surface area contributed by atoms with Crippen LogP contribution in [0.2, 0.25) is 0 Å². The summed E-state index contributed by atoms with van der Waals surface area (Å²) in [5.41, 5.74) is 0. The van der Waals surface area contributed by atoms with Gasteiger partial charge in [-0.2, -0.15) is 5.10 Å². The number of aromatic amines is 1. The summed E-state index contributed by atoms with van der Waals surface area (Å²) in [5.74, 6) is 0.894. The summed E-state index contributed by atoms with van der Waals surface area (Å²) in [7, 11) is 0. The van der Waals surface area contributed by atoms with Gasteiger partial charge >= 0.3 is 0 Å². The van der Waals surface area contributed by atoms with Crippen LogP contribution in [0.5, 0.6) is 5.75 Å². The number of rotatable bonds is 4. The number of amides is 1. The number of aromatic nitrogens is 2. The molecule has 18 heavy (non-hydrogen) atoms. The fraction of sp³-hybridized carbons (Fsp3) is 0.0909. The van der Waals surface area contributed by atoms with Crippen LogP contribution in [0.4, 0.5) is 5.82 Å². The first-order valence-corrected chi connectivity index (χ1v) is 6.61. The number of nitrogens with one attached hydrogen (secondary N) is 2. The number of carbonyl (C=O) groups is 1. The predicted molar refractivity (Wildman–Crippen MR) is 74.6 cm³/mol. The molecular formula is C11H9Br2N3O2. The molecule has 0 radical (unpaired) electrons. The maximum atomic E-state index is 11.6. The van der Waals surface area contributed by atoms with Crippen molar-refractivity contribution in [3.63, 3.8) is 0 Å². The second-order valence-corrected chi connectivity index (χ2v) is 5.15. The second kappa shape index (κ2) is 6.01. The third-order valence-electron chi connectivity index (χ3n) is 2.03. The Balaban J connectivity index is 1.89. The van der Waals surface area contributed by atoms with Crippen molar-refractivity contribution < 1.29 is 9.53 Å². The molecule has 2 rings (SSSR count). The fourth-order valence-corrected chi connectivity index (χ4v) is 2.41. The van der Waals surface area contributed by atoms with E-state index in [0.29, 0.717) is 11.6 Å². The summed E-state index contributed by atoms with van der Waals surface area (Å²) in [4.78, 5) is 11.6. The lowest BCUT2D eigenvalue weighted by Gasteiger charge is -2.08. The molecule has 1 heterocycles. The average Bonchev–Trinajstić information content (AvgIpc) is 2.80. The molecule has 0 aliphatic carbocycles. The van der Waals surface area contributed by atoms with E-state index in [1.165, 1.54) is 0 Å². The highest BCUT2D eigenvalue weighted by atomic mass is 79.9. The van der Waals surface area contributed by atoms with Crippen LogP contribution in [-0.2, 0) is 4.79 Å². The fourth-order valence-electron chi connectivity index (χ4n) is 1.25. The molecule has 2 N–H and O–H groups in total. The van der Waals surface area contributed by atoms with E-state index in [0.717, 1.165) is 8.95 Å². The van der Waals surface area contributed by atoms with E-state index in [4.69, 9.17) is 4.74 Å². The van der Waals surface area contributed by atoms with Crippen LogP contribution < -0.4 is 10.1 Å². The standard InChI is InChI=1S/C11H9Br2N3O2/c12-7-1-2-9(8(13)5-7)18-6-11(17)15-10-3-4-14-16-10/h1-5H,6H2,(H2,14,15,16,17). The van der Waals surface area contributed by atoms with E-state index in [9.17, 15) is 4.79 Å². The Morgan fingerprint density at radius 1 is 1.39 bits per heavy atom. The Labute approximate surface area is 120 Å². The van der Waals surface area contributed by atoms with Gasteiger partial charge in [0, 0.05) is 10.5 Å². The number of nitrogens with zero attached hydrogens (tertiary/aromatic N) is 1. The summed E-state index contributed by atoms with van der Waals surface area (Å²) in [6, 6.07) is 7.13. The third kappa shape index (κ3) is 3.58. The normalized spacial score (nSPS) is 10.1. The van der Waals surface area contributed by atoms with E-state index in [-0.39, 0.29) is 12.5 Å². The predicted octanol–water partition coefficient (Wildman–Crippen LogP) is 2.95. The molecule has 0 spiro atoms. The zero-order valence-corrected chi connectivity index (χ0v) is 12.3. The number of H-pyrrole nitrogens is 1. The molecule has 0 saturated carbocycles. The lowest BCUT2D eigenvalue weighted by Crippen LogP contribution is -2.20. The van der Waals surface area contributed by atoms with Gasteiger partial charge in [0.1, 0.15) is 11.6 Å². The first kappa shape index (κ1) is 13.1. The van der Waals surface area contributed by atoms with Crippen molar-refractivity contribution >= 4 is 43.6 Å². The number of hydrogen-bond acceptors (Lipinski definition) is 3. The summed E-state index contributed by atoms with van der Waals surface area (Å²) >= 11 is 6.70. The van der Waals surface area contributed by atoms with Crippen LogP contribution in [0.1, 0.15) is 0 Å². The van der Waals surface area contributed by atoms with E-state index < -0.39 is 0 Å². The Kier molecular flexibility index (Phi) is 4.38. The van der Waals surface area contributed by atoms with Crippen LogP contribution in [0.15, 0.2) is 39.4 Å². The molecule has 2 aromatic rings. The molecule has 1 aromatic heterocycles. The maximum Gasteiger partial charge on any atom is 0.263 e. The van der Waals surface area contributed by atoms with Gasteiger partial charge in [0.15, 0.2) is 6.61 Å². The van der Waals surface area contributed by atoms with Crippen molar-refractivity contribution in [1.82, 2.24) is 10.2 Å². The number of benzene rings is 1. The Morgan fingerprint density at radius 3 is 2.89 bits per heavy atom. The minimum Gasteiger partial charge on any atom is -0.483 e. The van der Waals surface area contributed by atoms with E-state index in [2.05, 4.69) is 47.4 Å². The number of carbonyl (C=O) groups excluding carboxylic acids is 1. The summed E-state index contributed by atoms with van der Waals surface area (Å²) in [6.07, 6.45) is 1.56. The highest BCUT2D eigenvalue weighted by Gasteiger charge is 2.06. The third-order valence-corrected chi connectivity index (χ3v) is 3.14. The van der Waals surface area contributed by atoms with E-state index in [1.807, 2.05) is 12.1 Å². The molecule has 0 saturated heterocycles. The summed E-state index contributed by atoms with van der Waals surface area (Å²) in [6.45, 7) is -0.0702. The smallest absolute Gasteiger partial charge is 0.263 e. The molecule has 0 aliphatic rings. The Bertz CT molecular complexity index is 543. The zero-order valence-electron chi connectivity index (χ0n) is 9.11. The van der Waals surface area contributed by atoms with E-state index in [1.54, 1.807) is 18.3 Å². The van der Waals surface area contributed by atoms with Crippen molar-refractivity contribution in [2.24, 2.45) is 0 Å². The van der Waals surface area contributed by atoms with Crippen molar-refractivity contribution in [3.8, 4) is 5.75 Å². The molecule has 5 nitrogen and oxygen atoms in total. The molecule has 0 atom stereocenters. The van der Waals surface area contributed by atoms with Gasteiger partial charge in [0.2, 0.25) is 0 Å². The van der Waals surface area contributed by atoms with Gasteiger partial charge < -0.3 is 10.1 Å². The summed E-state index contributed by atoms with van der Waals surface area (Å²) < 4.78 is 7.11. The molecule has 7 heteroatoms. The largest absolute Gasteiger partial charge is 0.483 e. The Hall–Kier alpha value is -1.34. The zero-order chi connectivity index (χ0) is 13.0. The number of halogens is 2. The lowest BCUT2D eigenvalue weighted by molar-refractivity contribution is -0.118. The highest BCUT2D eigenvalue weighted by molar-refractivity contribution is 9.11. The molecule has 0 unspecified atom stereocenters. The van der Waals surface area contributed by atoms with Gasteiger partial charge in [0.05, 0.1) is 10.7 Å². The summed E-state index contributed by atoms with van der Waals surface area (Å²) in [5, 5.41) is 8.97. The van der Waals surface area contributed by atoms with Gasteiger partial charge in [-0.05, 0) is 34.1 Å². The highest BCUT2D eigenvalue weighted by Crippen LogP contribution is 2.28. The second-order valence-electron chi connectivity index (χ2n) is 3.38. The van der Waals surface area contributed by atoms with Crippen LogP contribution >= 0.6 is 31.9 Å². The number of anilines is 1. The van der Waals surface area contributed by atoms with Crippen LogP contribution in [-0.4, -0.2) is 22.7 Å². The van der Waals surface area contributed by atoms with Crippen LogP contribution in [0, 0.1) is 0 Å². The first-order valence-electron chi connectivity index (χ1n) is 5.02. The van der Waals surface area contributed by atoms with Gasteiger partial charge in [0.25, 0.3) is 5.91 Å². The first-order chi connectivity index (χ1) is 8.65. The molecule has 0 aliphatic heterocycles. The van der Waals surface area contributed by atoms with Gasteiger partial charge in [-0.25, -0.2) is 0 Å². The molecule has 1 amide bonds. The van der Waals surface area contributed by atoms with Crippen molar-refractivity contribution in [3.05, 3.63) is 39.4 Å². The topological polar surface area (TPSA) is 67.0 Å². The SMILES string of the molecule is O=C(COc1ccc(Br)cc1Br)Nc1ccn[nH]1. The van der Waals surface area contributed by atoms with Crippen LogP contribution in [0.3, 0.4) is 0 Å². The van der Waals surface area contributed by atoms with E-state index >= 15 is 0 Å².